The molecule has 2 atom stereocenters. The van der Waals surface area contributed by atoms with Gasteiger partial charge in [-0.25, -0.2) is 4.79 Å². The summed E-state index contributed by atoms with van der Waals surface area (Å²) in [5.41, 5.74) is -0.906. The fraction of sp³-hybridized carbons (Fsp3) is 0.769. The molecule has 0 radical (unpaired) electrons. The van der Waals surface area contributed by atoms with Crippen LogP contribution in [-0.2, 0) is 14.3 Å². The zero-order valence-corrected chi connectivity index (χ0v) is 13.4. The number of hydrogen-bond acceptors (Lipinski definition) is 5. The molecule has 0 spiro atoms. The average molecular weight is 358 g/mol. The first kappa shape index (κ1) is 22.0. The first-order chi connectivity index (χ1) is 10.7. The van der Waals surface area contributed by atoms with Crippen LogP contribution in [0.1, 0.15) is 33.6 Å². The van der Waals surface area contributed by atoms with Gasteiger partial charge in [0.15, 0.2) is 0 Å². The second-order valence-corrected chi connectivity index (χ2v) is 5.97. The topological polar surface area (TPSA) is 125 Å². The molecule has 0 saturated heterocycles. The smallest absolute Gasteiger partial charge is 0.407 e. The van der Waals surface area contributed by atoms with Gasteiger partial charge in [0.2, 0.25) is 0 Å². The highest BCUT2D eigenvalue weighted by molar-refractivity contribution is 5.75. The van der Waals surface area contributed by atoms with Gasteiger partial charge in [-0.3, -0.25) is 14.9 Å². The molecule has 0 aromatic rings. The molecule has 0 saturated carbocycles. The quantitative estimate of drug-likeness (QED) is 0.516. The maximum absolute atomic E-state index is 13.0. The van der Waals surface area contributed by atoms with Gasteiger partial charge in [-0.05, 0) is 27.2 Å². The van der Waals surface area contributed by atoms with E-state index in [0.29, 0.717) is 0 Å². The molecule has 0 bridgehead atoms. The molecule has 24 heavy (non-hydrogen) atoms. The van der Waals surface area contributed by atoms with Crippen molar-refractivity contribution in [1.29, 1.82) is 0 Å². The van der Waals surface area contributed by atoms with E-state index in [4.69, 9.17) is 14.9 Å². The van der Waals surface area contributed by atoms with Gasteiger partial charge in [0.1, 0.15) is 17.7 Å². The molecular formula is C13H21F3N2O6. The number of rotatable bonds is 8. The maximum atomic E-state index is 13.0. The minimum absolute atomic E-state index is 0.538. The van der Waals surface area contributed by atoms with E-state index in [1.165, 1.54) is 20.8 Å². The molecule has 0 fully saturated rings. The number of amides is 1. The van der Waals surface area contributed by atoms with Gasteiger partial charge in [-0.15, -0.1) is 0 Å². The van der Waals surface area contributed by atoms with E-state index in [2.05, 4.69) is 0 Å². The van der Waals surface area contributed by atoms with Crippen LogP contribution in [0.25, 0.3) is 0 Å². The van der Waals surface area contributed by atoms with Crippen molar-refractivity contribution in [3.05, 3.63) is 0 Å². The van der Waals surface area contributed by atoms with Crippen molar-refractivity contribution in [2.45, 2.75) is 57.5 Å². The van der Waals surface area contributed by atoms with Gasteiger partial charge < -0.3 is 20.3 Å². The number of aliphatic carboxylic acids is 2. The van der Waals surface area contributed by atoms with E-state index in [1.807, 2.05) is 10.6 Å². The number of halogens is 3. The molecule has 0 aromatic heterocycles. The van der Waals surface area contributed by atoms with Gasteiger partial charge in [-0.2, -0.15) is 13.2 Å². The standard InChI is InChI=1S/C13H21F3N2O6/c1-12(2,3)24-11(23)17-6-8(13(14,15)16)18-7(10(21)22)4-5-9(19)20/h7-8,18H,4-6H2,1-3H3,(H,17,23)(H,19,20)(H,21,22). The first-order valence-corrected chi connectivity index (χ1v) is 6.96. The molecule has 0 rings (SSSR count). The van der Waals surface area contributed by atoms with Crippen molar-refractivity contribution < 1.29 is 42.5 Å². The number of carbonyl (C=O) groups excluding carboxylic acids is 1. The highest BCUT2D eigenvalue weighted by Gasteiger charge is 2.42. The summed E-state index contributed by atoms with van der Waals surface area (Å²) in [6, 6.07) is -4.10. The van der Waals surface area contributed by atoms with Gasteiger partial charge >= 0.3 is 24.2 Å². The third-order valence-corrected chi connectivity index (χ3v) is 2.59. The molecule has 11 heteroatoms. The third-order valence-electron chi connectivity index (χ3n) is 2.59. The molecule has 0 heterocycles. The van der Waals surface area contributed by atoms with E-state index in [9.17, 15) is 27.6 Å². The summed E-state index contributed by atoms with van der Waals surface area (Å²) in [5, 5.41) is 21.1. The highest BCUT2D eigenvalue weighted by Crippen LogP contribution is 2.21. The number of alkyl halides is 3. The molecule has 1 amide bonds. The number of ether oxygens (including phenoxy) is 1. The van der Waals surface area contributed by atoms with Crippen LogP contribution in [-0.4, -0.2) is 58.7 Å². The summed E-state index contributed by atoms with van der Waals surface area (Å²) in [4.78, 5) is 32.8. The second-order valence-electron chi connectivity index (χ2n) is 5.97. The molecule has 0 aliphatic carbocycles. The maximum Gasteiger partial charge on any atom is 0.407 e. The van der Waals surface area contributed by atoms with Crippen LogP contribution in [0.5, 0.6) is 0 Å². The van der Waals surface area contributed by atoms with Crippen LogP contribution < -0.4 is 10.6 Å². The molecule has 140 valence electrons. The Labute approximate surface area is 136 Å². The summed E-state index contributed by atoms with van der Waals surface area (Å²) in [7, 11) is 0. The molecule has 0 aromatic carbocycles. The highest BCUT2D eigenvalue weighted by atomic mass is 19.4. The Morgan fingerprint density at radius 1 is 1.12 bits per heavy atom. The summed E-state index contributed by atoms with van der Waals surface area (Å²) in [6.07, 6.45) is -7.10. The van der Waals surface area contributed by atoms with Crippen LogP contribution in [0.15, 0.2) is 0 Å². The summed E-state index contributed by atoms with van der Waals surface area (Å²) in [5.74, 6) is -2.96. The molecule has 0 aliphatic rings. The monoisotopic (exact) mass is 358 g/mol. The number of hydrogen-bond donors (Lipinski definition) is 4. The lowest BCUT2D eigenvalue weighted by Crippen LogP contribution is -2.55. The Morgan fingerprint density at radius 2 is 1.67 bits per heavy atom. The van der Waals surface area contributed by atoms with Gasteiger partial charge in [0, 0.05) is 13.0 Å². The van der Waals surface area contributed by atoms with Gasteiger partial charge in [-0.1, -0.05) is 0 Å². The van der Waals surface area contributed by atoms with E-state index in [0.717, 1.165) is 0 Å². The zero-order valence-electron chi connectivity index (χ0n) is 13.4. The lowest BCUT2D eigenvalue weighted by atomic mass is 10.1. The summed E-state index contributed by atoms with van der Waals surface area (Å²) >= 11 is 0. The van der Waals surface area contributed by atoms with E-state index >= 15 is 0 Å². The number of carboxylic acids is 2. The Balaban J connectivity index is 4.84. The van der Waals surface area contributed by atoms with E-state index < -0.39 is 61.3 Å². The first-order valence-electron chi connectivity index (χ1n) is 6.96. The van der Waals surface area contributed by atoms with Crippen molar-refractivity contribution >= 4 is 18.0 Å². The van der Waals surface area contributed by atoms with E-state index in [-0.39, 0.29) is 0 Å². The Hall–Kier alpha value is -2.04. The van der Waals surface area contributed by atoms with Crippen LogP contribution in [0, 0.1) is 0 Å². The van der Waals surface area contributed by atoms with Crippen molar-refractivity contribution in [3.63, 3.8) is 0 Å². The molecule has 0 aliphatic heterocycles. The SMILES string of the molecule is CC(C)(C)OC(=O)NCC(NC(CCC(=O)O)C(=O)O)C(F)(F)F. The Bertz CT molecular complexity index is 462. The Kier molecular flexibility index (Phi) is 7.97. The number of carbonyl (C=O) groups is 3. The van der Waals surface area contributed by atoms with Crippen LogP contribution >= 0.6 is 0 Å². The van der Waals surface area contributed by atoms with Crippen LogP contribution in [0.3, 0.4) is 0 Å². The van der Waals surface area contributed by atoms with Crippen LogP contribution in [0.4, 0.5) is 18.0 Å². The van der Waals surface area contributed by atoms with Crippen molar-refractivity contribution in [2.75, 3.05) is 6.54 Å². The lowest BCUT2D eigenvalue weighted by molar-refractivity contribution is -0.160. The normalized spacial score (nSPS) is 14.6. The van der Waals surface area contributed by atoms with Crippen molar-refractivity contribution in [2.24, 2.45) is 0 Å². The fourth-order valence-corrected chi connectivity index (χ4v) is 1.56. The minimum atomic E-state index is -4.86. The van der Waals surface area contributed by atoms with Crippen LogP contribution in [0.2, 0.25) is 0 Å². The predicted octanol–water partition coefficient (Wildman–Crippen LogP) is 1.35. The summed E-state index contributed by atoms with van der Waals surface area (Å²) < 4.78 is 43.7. The van der Waals surface area contributed by atoms with E-state index in [1.54, 1.807) is 0 Å². The predicted molar refractivity (Wildman–Crippen MR) is 75.5 cm³/mol. The summed E-state index contributed by atoms with van der Waals surface area (Å²) in [6.45, 7) is 3.62. The third kappa shape index (κ3) is 9.87. The molecule has 4 N–H and O–H groups in total. The molecular weight excluding hydrogens is 337 g/mol. The molecule has 8 nitrogen and oxygen atoms in total. The zero-order chi connectivity index (χ0) is 19.1. The number of carboxylic acid groups (broad SMARTS) is 2. The minimum Gasteiger partial charge on any atom is -0.481 e. The van der Waals surface area contributed by atoms with Gasteiger partial charge in [0.05, 0.1) is 0 Å². The largest absolute Gasteiger partial charge is 0.481 e. The lowest BCUT2D eigenvalue weighted by Gasteiger charge is -2.26. The molecule has 2 unspecified atom stereocenters. The van der Waals surface area contributed by atoms with Crippen molar-refractivity contribution in [3.8, 4) is 0 Å². The van der Waals surface area contributed by atoms with Gasteiger partial charge in [0.25, 0.3) is 0 Å². The number of alkyl carbamates (subject to hydrolysis) is 1. The average Bonchev–Trinajstić information content (AvgIpc) is 2.33. The number of nitrogens with one attached hydrogen (secondary N) is 2. The van der Waals surface area contributed by atoms with Crippen molar-refractivity contribution in [1.82, 2.24) is 10.6 Å². The fourth-order valence-electron chi connectivity index (χ4n) is 1.56. The second kappa shape index (κ2) is 8.71. The Morgan fingerprint density at radius 3 is 2.04 bits per heavy atom.